The molecule has 0 bridgehead atoms. The molecular weight excluding hydrogens is 552 g/mol. The predicted octanol–water partition coefficient (Wildman–Crippen LogP) is 4.36. The Bertz CT molecular complexity index is 976. The summed E-state index contributed by atoms with van der Waals surface area (Å²) >= 11 is 0. The van der Waals surface area contributed by atoms with Crippen molar-refractivity contribution in [2.24, 2.45) is 0 Å². The minimum Gasteiger partial charge on any atom is -0.481 e. The number of carbonyl (C=O) groups is 6. The molecule has 0 amide bonds. The lowest BCUT2D eigenvalue weighted by atomic mass is 10.1. The van der Waals surface area contributed by atoms with Gasteiger partial charge in [-0.25, -0.2) is 0 Å². The number of aliphatic carboxylic acids is 2. The Morgan fingerprint density at radius 3 is 1.45 bits per heavy atom. The molecule has 0 fully saturated rings. The molecule has 1 aromatic rings. The maximum absolute atomic E-state index is 12.3. The minimum atomic E-state index is -1.04. The molecule has 42 heavy (non-hydrogen) atoms. The van der Waals surface area contributed by atoms with E-state index in [1.54, 1.807) is 12.1 Å². The largest absolute Gasteiger partial charge is 0.481 e. The molecule has 12 heteroatoms. The van der Waals surface area contributed by atoms with Gasteiger partial charge in [0.1, 0.15) is 19.8 Å². The maximum atomic E-state index is 12.3. The van der Waals surface area contributed by atoms with Crippen LogP contribution in [0.5, 0.6) is 0 Å². The van der Waals surface area contributed by atoms with Crippen molar-refractivity contribution in [3.8, 4) is 0 Å². The fraction of sp³-hybridized carbons (Fsp3) is 0.600. The highest BCUT2D eigenvalue weighted by atomic mass is 16.6. The third-order valence-corrected chi connectivity index (χ3v) is 5.98. The van der Waals surface area contributed by atoms with Crippen LogP contribution in [0.2, 0.25) is 0 Å². The van der Waals surface area contributed by atoms with Crippen LogP contribution in [0.15, 0.2) is 30.3 Å². The zero-order valence-electron chi connectivity index (χ0n) is 24.0. The van der Waals surface area contributed by atoms with E-state index in [2.05, 4.69) is 0 Å². The first kappa shape index (κ1) is 36.1. The SMILES string of the molecule is O=C(O)CCCCCCC(=O)OC[C@H](COC(=O)CCC(=O)OCc1ccccc1)OC(=O)CCCCCCC(=O)O. The van der Waals surface area contributed by atoms with Gasteiger partial charge in [0.05, 0.1) is 12.8 Å². The normalized spacial score (nSPS) is 11.2. The van der Waals surface area contributed by atoms with E-state index in [1.165, 1.54) is 0 Å². The Kier molecular flexibility index (Phi) is 19.5. The zero-order chi connectivity index (χ0) is 31.0. The van der Waals surface area contributed by atoms with Crippen molar-refractivity contribution in [3.63, 3.8) is 0 Å². The summed E-state index contributed by atoms with van der Waals surface area (Å²) in [5.41, 5.74) is 0.811. The van der Waals surface area contributed by atoms with E-state index in [0.29, 0.717) is 51.4 Å². The number of rotatable bonds is 24. The summed E-state index contributed by atoms with van der Waals surface area (Å²) in [6.07, 6.45) is 3.50. The van der Waals surface area contributed by atoms with Gasteiger partial charge in [-0.05, 0) is 31.2 Å². The highest BCUT2D eigenvalue weighted by molar-refractivity contribution is 5.77. The summed E-state index contributed by atoms with van der Waals surface area (Å²) in [5, 5.41) is 17.3. The van der Waals surface area contributed by atoms with Crippen molar-refractivity contribution in [3.05, 3.63) is 35.9 Å². The summed E-state index contributed by atoms with van der Waals surface area (Å²) in [4.78, 5) is 69.7. The van der Waals surface area contributed by atoms with Crippen molar-refractivity contribution in [1.29, 1.82) is 0 Å². The second-order valence-electron chi connectivity index (χ2n) is 9.74. The average molecular weight is 595 g/mol. The molecule has 0 aliphatic rings. The number of hydrogen-bond donors (Lipinski definition) is 2. The lowest BCUT2D eigenvalue weighted by molar-refractivity contribution is -0.167. The van der Waals surface area contributed by atoms with Crippen molar-refractivity contribution in [2.75, 3.05) is 13.2 Å². The molecule has 0 heterocycles. The van der Waals surface area contributed by atoms with Crippen LogP contribution in [0.4, 0.5) is 0 Å². The number of unbranched alkanes of at least 4 members (excludes halogenated alkanes) is 6. The van der Waals surface area contributed by atoms with Crippen molar-refractivity contribution in [2.45, 2.75) is 103 Å². The smallest absolute Gasteiger partial charge is 0.306 e. The Morgan fingerprint density at radius 1 is 0.524 bits per heavy atom. The number of carbonyl (C=O) groups excluding carboxylic acids is 4. The van der Waals surface area contributed by atoms with Gasteiger partial charge in [0, 0.05) is 25.7 Å². The van der Waals surface area contributed by atoms with Crippen molar-refractivity contribution < 1.29 is 57.9 Å². The van der Waals surface area contributed by atoms with Gasteiger partial charge in [-0.15, -0.1) is 0 Å². The van der Waals surface area contributed by atoms with Crippen LogP contribution in [0, 0.1) is 0 Å². The van der Waals surface area contributed by atoms with E-state index in [-0.39, 0.29) is 58.3 Å². The zero-order valence-corrected chi connectivity index (χ0v) is 24.0. The van der Waals surface area contributed by atoms with Crippen LogP contribution in [0.3, 0.4) is 0 Å². The van der Waals surface area contributed by atoms with Crippen LogP contribution in [-0.4, -0.2) is 65.3 Å². The first-order chi connectivity index (χ1) is 20.2. The van der Waals surface area contributed by atoms with Crippen molar-refractivity contribution >= 4 is 35.8 Å². The van der Waals surface area contributed by atoms with Crippen LogP contribution >= 0.6 is 0 Å². The van der Waals surface area contributed by atoms with Gasteiger partial charge >= 0.3 is 35.8 Å². The first-order valence-corrected chi connectivity index (χ1v) is 14.3. The lowest BCUT2D eigenvalue weighted by Gasteiger charge is -2.18. The molecule has 1 atom stereocenters. The van der Waals surface area contributed by atoms with Gasteiger partial charge in [0.25, 0.3) is 0 Å². The molecule has 1 rings (SSSR count). The summed E-state index contributed by atoms with van der Waals surface area (Å²) < 4.78 is 20.8. The Balaban J connectivity index is 2.43. The third-order valence-electron chi connectivity index (χ3n) is 5.98. The van der Waals surface area contributed by atoms with Crippen LogP contribution < -0.4 is 0 Å². The Labute approximate surface area is 245 Å². The number of carboxylic acids is 2. The monoisotopic (exact) mass is 594 g/mol. The maximum Gasteiger partial charge on any atom is 0.306 e. The fourth-order valence-corrected chi connectivity index (χ4v) is 3.69. The van der Waals surface area contributed by atoms with Gasteiger partial charge in [-0.3, -0.25) is 28.8 Å². The molecule has 0 aliphatic carbocycles. The van der Waals surface area contributed by atoms with Gasteiger partial charge in [-0.2, -0.15) is 0 Å². The lowest BCUT2D eigenvalue weighted by Crippen LogP contribution is -2.31. The first-order valence-electron chi connectivity index (χ1n) is 14.3. The molecule has 12 nitrogen and oxygen atoms in total. The van der Waals surface area contributed by atoms with Gasteiger partial charge in [0.2, 0.25) is 0 Å². The standard InChI is InChI=1S/C30H42O12/c31-25(32)14-8-1-3-10-16-27(35)40-21-24(42-30(38)17-11-4-2-9-15-26(33)34)22-41-29(37)19-18-28(36)39-20-23-12-6-5-7-13-23/h5-7,12-13,24H,1-4,8-11,14-22H2,(H,31,32)(H,33,34)/t24-/m1/s1. The van der Waals surface area contributed by atoms with Crippen LogP contribution in [-0.2, 0) is 54.3 Å². The number of esters is 4. The van der Waals surface area contributed by atoms with Gasteiger partial charge in [-0.1, -0.05) is 56.0 Å². The quantitative estimate of drug-likeness (QED) is 0.0982. The highest BCUT2D eigenvalue weighted by Crippen LogP contribution is 2.10. The molecule has 0 aliphatic heterocycles. The molecule has 234 valence electrons. The topological polar surface area (TPSA) is 180 Å². The van der Waals surface area contributed by atoms with E-state index in [4.69, 9.17) is 29.2 Å². The Hall–Kier alpha value is -3.96. The van der Waals surface area contributed by atoms with E-state index in [0.717, 1.165) is 5.56 Å². The average Bonchev–Trinajstić information content (AvgIpc) is 2.96. The minimum absolute atomic E-state index is 0.0645. The van der Waals surface area contributed by atoms with E-state index < -0.39 is 41.9 Å². The molecule has 1 aromatic carbocycles. The Morgan fingerprint density at radius 2 is 0.952 bits per heavy atom. The van der Waals surface area contributed by atoms with Gasteiger partial charge in [0.15, 0.2) is 6.10 Å². The number of benzene rings is 1. The number of ether oxygens (including phenoxy) is 4. The molecule has 0 aromatic heterocycles. The number of hydrogen-bond acceptors (Lipinski definition) is 10. The molecular formula is C30H42O12. The molecule has 0 saturated carbocycles. The van der Waals surface area contributed by atoms with E-state index >= 15 is 0 Å². The molecule has 0 spiro atoms. The molecule has 0 radical (unpaired) electrons. The van der Waals surface area contributed by atoms with Crippen LogP contribution in [0.25, 0.3) is 0 Å². The molecule has 0 unspecified atom stereocenters. The molecule has 0 saturated heterocycles. The van der Waals surface area contributed by atoms with Crippen LogP contribution in [0.1, 0.15) is 95.5 Å². The third kappa shape index (κ3) is 20.9. The summed E-state index contributed by atoms with van der Waals surface area (Å²) in [6.45, 7) is -0.612. The van der Waals surface area contributed by atoms with Crippen molar-refractivity contribution in [1.82, 2.24) is 0 Å². The summed E-state index contributed by atoms with van der Waals surface area (Å²) in [5.74, 6) is -4.12. The summed E-state index contributed by atoms with van der Waals surface area (Å²) in [6, 6.07) is 9.07. The number of carboxylic acid groups (broad SMARTS) is 2. The second kappa shape index (κ2) is 22.7. The molecule has 2 N–H and O–H groups in total. The predicted molar refractivity (Wildman–Crippen MR) is 148 cm³/mol. The van der Waals surface area contributed by atoms with E-state index in [1.807, 2.05) is 18.2 Å². The second-order valence-corrected chi connectivity index (χ2v) is 9.74. The highest BCUT2D eigenvalue weighted by Gasteiger charge is 2.20. The fourth-order valence-electron chi connectivity index (χ4n) is 3.69. The summed E-state index contributed by atoms with van der Waals surface area (Å²) in [7, 11) is 0. The van der Waals surface area contributed by atoms with Gasteiger partial charge < -0.3 is 29.2 Å². The van der Waals surface area contributed by atoms with E-state index in [9.17, 15) is 28.8 Å².